The summed E-state index contributed by atoms with van der Waals surface area (Å²) in [7, 11) is 0. The molecule has 2 heterocycles. The fourth-order valence-corrected chi connectivity index (χ4v) is 4.69. The van der Waals surface area contributed by atoms with Crippen LogP contribution in [0.4, 0.5) is 0 Å². The summed E-state index contributed by atoms with van der Waals surface area (Å²) in [5.74, 6) is 0.861. The Balaban J connectivity index is 2.22. The minimum Gasteiger partial charge on any atom is -0.338 e. The maximum absolute atomic E-state index is 5.73. The van der Waals surface area contributed by atoms with Crippen LogP contribution in [-0.4, -0.2) is 9.97 Å². The molecular formula is C12H9Br2N3S. The number of benzene rings is 1. The molecule has 1 aromatic carbocycles. The first-order chi connectivity index (χ1) is 8.69. The van der Waals surface area contributed by atoms with E-state index in [1.54, 1.807) is 11.3 Å². The van der Waals surface area contributed by atoms with Crippen LogP contribution in [0.15, 0.2) is 31.8 Å². The highest BCUT2D eigenvalue weighted by Crippen LogP contribution is 2.38. The molecule has 0 aliphatic heterocycles. The zero-order valence-electron chi connectivity index (χ0n) is 9.21. The first kappa shape index (κ1) is 12.3. The Morgan fingerprint density at radius 2 is 2.17 bits per heavy atom. The van der Waals surface area contributed by atoms with E-state index in [1.165, 1.54) is 0 Å². The molecule has 0 saturated carbocycles. The number of halogens is 2. The summed E-state index contributed by atoms with van der Waals surface area (Å²) in [6, 6.07) is 8.06. The van der Waals surface area contributed by atoms with Gasteiger partial charge in [0.15, 0.2) is 0 Å². The van der Waals surface area contributed by atoms with Crippen LogP contribution in [0, 0.1) is 0 Å². The number of nitrogens with two attached hydrogens (primary N) is 1. The van der Waals surface area contributed by atoms with Crippen molar-refractivity contribution in [1.82, 2.24) is 9.97 Å². The molecule has 3 rings (SSSR count). The van der Waals surface area contributed by atoms with Crippen molar-refractivity contribution >= 4 is 54.2 Å². The van der Waals surface area contributed by atoms with Crippen LogP contribution in [0.25, 0.3) is 22.4 Å². The van der Waals surface area contributed by atoms with Gasteiger partial charge in [-0.2, -0.15) is 0 Å². The van der Waals surface area contributed by atoms with Crippen LogP contribution in [0.3, 0.4) is 0 Å². The van der Waals surface area contributed by atoms with Crippen molar-refractivity contribution in [2.75, 3.05) is 0 Å². The van der Waals surface area contributed by atoms with Crippen LogP contribution in [0.5, 0.6) is 0 Å². The number of aromatic nitrogens is 2. The molecule has 3 N–H and O–H groups in total. The number of thiophene rings is 1. The van der Waals surface area contributed by atoms with E-state index in [2.05, 4.69) is 47.9 Å². The lowest BCUT2D eigenvalue weighted by atomic mass is 10.2. The molecule has 18 heavy (non-hydrogen) atoms. The number of rotatable bonds is 2. The van der Waals surface area contributed by atoms with E-state index in [0.717, 1.165) is 35.6 Å². The third kappa shape index (κ3) is 2.03. The Labute approximate surface area is 125 Å². The quantitative estimate of drug-likeness (QED) is 0.690. The van der Waals surface area contributed by atoms with Crippen molar-refractivity contribution in [3.8, 4) is 11.4 Å². The summed E-state index contributed by atoms with van der Waals surface area (Å²) in [6.45, 7) is 0.496. The molecule has 92 valence electrons. The second-order valence-electron chi connectivity index (χ2n) is 3.84. The molecule has 0 saturated heterocycles. The Morgan fingerprint density at radius 3 is 2.83 bits per heavy atom. The first-order valence-corrected chi connectivity index (χ1v) is 7.72. The van der Waals surface area contributed by atoms with E-state index in [-0.39, 0.29) is 0 Å². The van der Waals surface area contributed by atoms with E-state index in [0.29, 0.717) is 6.54 Å². The molecule has 3 aromatic rings. The highest BCUT2D eigenvalue weighted by Gasteiger charge is 2.13. The molecule has 0 radical (unpaired) electrons. The van der Waals surface area contributed by atoms with Gasteiger partial charge in [0.05, 0.1) is 18.6 Å². The van der Waals surface area contributed by atoms with Crippen molar-refractivity contribution in [1.29, 1.82) is 0 Å². The van der Waals surface area contributed by atoms with Crippen molar-refractivity contribution in [3.63, 3.8) is 0 Å². The lowest BCUT2D eigenvalue weighted by molar-refractivity contribution is 1.08. The number of nitrogens with one attached hydrogen (secondary N) is 1. The molecule has 0 atom stereocenters. The van der Waals surface area contributed by atoms with Gasteiger partial charge in [-0.25, -0.2) is 4.98 Å². The molecular weight excluding hydrogens is 378 g/mol. The van der Waals surface area contributed by atoms with Crippen molar-refractivity contribution in [2.24, 2.45) is 5.73 Å². The fraction of sp³-hybridized carbons (Fsp3) is 0.0833. The average molecular weight is 387 g/mol. The van der Waals surface area contributed by atoms with Gasteiger partial charge in [0.25, 0.3) is 0 Å². The van der Waals surface area contributed by atoms with Gasteiger partial charge in [-0.3, -0.25) is 0 Å². The molecule has 3 nitrogen and oxygen atoms in total. The predicted octanol–water partition coefficient (Wildman–Crippen LogP) is 4.28. The number of hydrogen-bond donors (Lipinski definition) is 2. The number of aromatic amines is 1. The summed E-state index contributed by atoms with van der Waals surface area (Å²) in [5, 5.41) is 0. The van der Waals surface area contributed by atoms with Gasteiger partial charge in [0, 0.05) is 12.1 Å². The number of hydrogen-bond acceptors (Lipinski definition) is 3. The van der Waals surface area contributed by atoms with Crippen LogP contribution in [-0.2, 0) is 6.54 Å². The van der Waals surface area contributed by atoms with Gasteiger partial charge in [-0.05, 0) is 49.6 Å². The molecule has 0 aliphatic carbocycles. The van der Waals surface area contributed by atoms with Gasteiger partial charge >= 0.3 is 0 Å². The van der Waals surface area contributed by atoms with Gasteiger partial charge < -0.3 is 10.7 Å². The second-order valence-corrected chi connectivity index (χ2v) is 7.59. The van der Waals surface area contributed by atoms with E-state index in [1.807, 2.05) is 18.2 Å². The highest BCUT2D eigenvalue weighted by molar-refractivity contribution is 9.12. The monoisotopic (exact) mass is 385 g/mol. The Morgan fingerprint density at radius 1 is 1.33 bits per heavy atom. The maximum Gasteiger partial charge on any atom is 0.140 e. The summed E-state index contributed by atoms with van der Waals surface area (Å²) < 4.78 is 2.13. The summed E-state index contributed by atoms with van der Waals surface area (Å²) in [4.78, 5) is 7.98. The van der Waals surface area contributed by atoms with Gasteiger partial charge in [0.2, 0.25) is 0 Å². The SMILES string of the molecule is NCc1cccc2[nH]c(-c3cc(Br)sc3Br)nc12. The summed E-state index contributed by atoms with van der Waals surface area (Å²) >= 11 is 8.66. The highest BCUT2D eigenvalue weighted by atomic mass is 79.9. The Bertz CT molecular complexity index is 717. The van der Waals surface area contributed by atoms with E-state index in [4.69, 9.17) is 5.73 Å². The lowest BCUT2D eigenvalue weighted by Crippen LogP contribution is -1.96. The first-order valence-electron chi connectivity index (χ1n) is 5.32. The number of para-hydroxylation sites is 1. The van der Waals surface area contributed by atoms with Crippen LogP contribution < -0.4 is 5.73 Å². The smallest absolute Gasteiger partial charge is 0.140 e. The van der Waals surface area contributed by atoms with Crippen molar-refractivity contribution < 1.29 is 0 Å². The molecule has 0 bridgehead atoms. The summed E-state index contributed by atoms with van der Waals surface area (Å²) in [6.07, 6.45) is 0. The lowest BCUT2D eigenvalue weighted by Gasteiger charge is -1.95. The molecule has 6 heteroatoms. The minimum atomic E-state index is 0.496. The van der Waals surface area contributed by atoms with E-state index in [9.17, 15) is 0 Å². The zero-order chi connectivity index (χ0) is 12.7. The number of imidazole rings is 1. The minimum absolute atomic E-state index is 0.496. The Hall–Kier alpha value is -0.690. The molecule has 0 unspecified atom stereocenters. The topological polar surface area (TPSA) is 54.7 Å². The van der Waals surface area contributed by atoms with Gasteiger partial charge in [-0.15, -0.1) is 11.3 Å². The second kappa shape index (κ2) is 4.77. The van der Waals surface area contributed by atoms with Crippen molar-refractivity contribution in [2.45, 2.75) is 6.54 Å². The van der Waals surface area contributed by atoms with Crippen LogP contribution >= 0.6 is 43.2 Å². The third-order valence-electron chi connectivity index (χ3n) is 2.73. The molecule has 0 aliphatic rings. The number of fused-ring (bicyclic) bond motifs is 1. The molecule has 0 spiro atoms. The van der Waals surface area contributed by atoms with Crippen LogP contribution in [0.1, 0.15) is 5.56 Å². The van der Waals surface area contributed by atoms with Crippen LogP contribution in [0.2, 0.25) is 0 Å². The van der Waals surface area contributed by atoms with Gasteiger partial charge in [-0.1, -0.05) is 12.1 Å². The average Bonchev–Trinajstić information content (AvgIpc) is 2.91. The van der Waals surface area contributed by atoms with E-state index < -0.39 is 0 Å². The number of H-pyrrole nitrogens is 1. The molecule has 0 fully saturated rings. The Kier molecular flexibility index (Phi) is 3.27. The summed E-state index contributed by atoms with van der Waals surface area (Å²) in [5.41, 5.74) is 9.81. The van der Waals surface area contributed by atoms with Gasteiger partial charge in [0.1, 0.15) is 5.82 Å². The largest absolute Gasteiger partial charge is 0.338 e. The third-order valence-corrected chi connectivity index (χ3v) is 5.07. The fourth-order valence-electron chi connectivity index (χ4n) is 1.89. The molecule has 0 amide bonds. The van der Waals surface area contributed by atoms with Crippen molar-refractivity contribution in [3.05, 3.63) is 37.4 Å². The normalized spacial score (nSPS) is 11.3. The predicted molar refractivity (Wildman–Crippen MR) is 82.7 cm³/mol. The molecule has 2 aromatic heterocycles. The maximum atomic E-state index is 5.73. The van der Waals surface area contributed by atoms with E-state index >= 15 is 0 Å². The standard InChI is InChI=1S/C12H9Br2N3S/c13-9-4-7(11(14)18-9)12-16-8-3-1-2-6(5-15)10(8)17-12/h1-4H,5,15H2,(H,16,17). The number of nitrogens with zero attached hydrogens (tertiary/aromatic N) is 1. The zero-order valence-corrected chi connectivity index (χ0v) is 13.2.